The van der Waals surface area contributed by atoms with E-state index >= 15 is 0 Å². The lowest BCUT2D eigenvalue weighted by Crippen LogP contribution is -2.36. The van der Waals surface area contributed by atoms with Gasteiger partial charge in [0.1, 0.15) is 0 Å². The highest BCUT2D eigenvalue weighted by Gasteiger charge is 2.22. The summed E-state index contributed by atoms with van der Waals surface area (Å²) < 4.78 is 0. The third kappa shape index (κ3) is 3.89. The Morgan fingerprint density at radius 3 is 2.10 bits per heavy atom. The summed E-state index contributed by atoms with van der Waals surface area (Å²) in [6.45, 7) is 4.38. The standard InChI is InChI=1S/C18H17NO2/c1-2-13-19(14-15-9-5-3-6-10-15)18(21)17(20)16-11-7-4-8-12-16/h2-12H,1,13-14H2. The smallest absolute Gasteiger partial charge is 0.295 e. The Labute approximate surface area is 124 Å². The maximum atomic E-state index is 12.4. The highest BCUT2D eigenvalue weighted by atomic mass is 16.2. The summed E-state index contributed by atoms with van der Waals surface area (Å²) in [6, 6.07) is 18.2. The number of nitrogens with zero attached hydrogens (tertiary/aromatic N) is 1. The van der Waals surface area contributed by atoms with Crippen LogP contribution in [0.4, 0.5) is 0 Å². The van der Waals surface area contributed by atoms with Crippen LogP contribution in [0.3, 0.4) is 0 Å². The fourth-order valence-electron chi connectivity index (χ4n) is 2.04. The average molecular weight is 279 g/mol. The van der Waals surface area contributed by atoms with E-state index in [4.69, 9.17) is 0 Å². The van der Waals surface area contributed by atoms with Crippen molar-refractivity contribution in [2.75, 3.05) is 6.54 Å². The van der Waals surface area contributed by atoms with Crippen molar-refractivity contribution < 1.29 is 9.59 Å². The molecule has 0 spiro atoms. The van der Waals surface area contributed by atoms with Gasteiger partial charge in [0.2, 0.25) is 5.78 Å². The molecule has 0 unspecified atom stereocenters. The van der Waals surface area contributed by atoms with E-state index in [1.165, 1.54) is 4.90 Å². The zero-order chi connectivity index (χ0) is 15.1. The highest BCUT2D eigenvalue weighted by molar-refractivity contribution is 6.42. The van der Waals surface area contributed by atoms with Gasteiger partial charge < -0.3 is 4.90 Å². The molecule has 0 saturated carbocycles. The van der Waals surface area contributed by atoms with Crippen molar-refractivity contribution in [3.8, 4) is 0 Å². The first-order chi connectivity index (χ1) is 10.2. The monoisotopic (exact) mass is 279 g/mol. The molecule has 21 heavy (non-hydrogen) atoms. The van der Waals surface area contributed by atoms with Gasteiger partial charge in [-0.1, -0.05) is 66.7 Å². The average Bonchev–Trinajstić information content (AvgIpc) is 2.55. The molecule has 0 radical (unpaired) electrons. The van der Waals surface area contributed by atoms with E-state index in [0.29, 0.717) is 18.7 Å². The molecule has 2 rings (SSSR count). The summed E-state index contributed by atoms with van der Waals surface area (Å²) >= 11 is 0. The second kappa shape index (κ2) is 7.20. The molecule has 0 aliphatic rings. The zero-order valence-corrected chi connectivity index (χ0v) is 11.7. The van der Waals surface area contributed by atoms with Crippen molar-refractivity contribution >= 4 is 11.7 Å². The molecule has 0 atom stereocenters. The van der Waals surface area contributed by atoms with Gasteiger partial charge in [0.05, 0.1) is 0 Å². The van der Waals surface area contributed by atoms with E-state index in [-0.39, 0.29) is 0 Å². The Morgan fingerprint density at radius 2 is 1.52 bits per heavy atom. The summed E-state index contributed by atoms with van der Waals surface area (Å²) in [5.74, 6) is -1.00. The van der Waals surface area contributed by atoms with Gasteiger partial charge in [0.25, 0.3) is 5.91 Å². The first kappa shape index (κ1) is 14.7. The van der Waals surface area contributed by atoms with Crippen molar-refractivity contribution in [1.82, 2.24) is 4.90 Å². The van der Waals surface area contributed by atoms with E-state index in [1.54, 1.807) is 30.3 Å². The van der Waals surface area contributed by atoms with Gasteiger partial charge in [0.15, 0.2) is 0 Å². The Balaban J connectivity index is 2.16. The largest absolute Gasteiger partial charge is 0.328 e. The van der Waals surface area contributed by atoms with Crippen LogP contribution in [-0.2, 0) is 11.3 Å². The molecular formula is C18H17NO2. The van der Waals surface area contributed by atoms with Crippen LogP contribution in [0.25, 0.3) is 0 Å². The molecule has 0 aromatic heterocycles. The number of hydrogen-bond donors (Lipinski definition) is 0. The van der Waals surface area contributed by atoms with Gasteiger partial charge in [-0.3, -0.25) is 9.59 Å². The van der Waals surface area contributed by atoms with Crippen LogP contribution in [0.2, 0.25) is 0 Å². The minimum Gasteiger partial charge on any atom is -0.328 e. The predicted octanol–water partition coefficient (Wildman–Crippen LogP) is 3.08. The van der Waals surface area contributed by atoms with E-state index in [1.807, 2.05) is 36.4 Å². The lowest BCUT2D eigenvalue weighted by Gasteiger charge is -2.20. The van der Waals surface area contributed by atoms with Gasteiger partial charge in [-0.15, -0.1) is 6.58 Å². The lowest BCUT2D eigenvalue weighted by atomic mass is 10.1. The van der Waals surface area contributed by atoms with Crippen LogP contribution < -0.4 is 0 Å². The van der Waals surface area contributed by atoms with Crippen LogP contribution in [0.15, 0.2) is 73.3 Å². The van der Waals surface area contributed by atoms with Crippen molar-refractivity contribution in [2.24, 2.45) is 0 Å². The van der Waals surface area contributed by atoms with Crippen LogP contribution in [0.5, 0.6) is 0 Å². The Morgan fingerprint density at radius 1 is 0.952 bits per heavy atom. The number of rotatable bonds is 6. The van der Waals surface area contributed by atoms with Gasteiger partial charge >= 0.3 is 0 Å². The number of hydrogen-bond acceptors (Lipinski definition) is 2. The first-order valence-corrected chi connectivity index (χ1v) is 6.76. The fraction of sp³-hybridized carbons (Fsp3) is 0.111. The SMILES string of the molecule is C=CCN(Cc1ccccc1)C(=O)C(=O)c1ccccc1. The molecule has 3 heteroatoms. The Kier molecular flexibility index (Phi) is 5.04. The second-order valence-corrected chi connectivity index (χ2v) is 4.66. The third-order valence-corrected chi connectivity index (χ3v) is 3.08. The molecule has 2 aromatic rings. The van der Waals surface area contributed by atoms with Gasteiger partial charge in [-0.05, 0) is 5.56 Å². The number of ketones is 1. The van der Waals surface area contributed by atoms with Crippen LogP contribution >= 0.6 is 0 Å². The number of carbonyl (C=O) groups is 2. The fourth-order valence-corrected chi connectivity index (χ4v) is 2.04. The topological polar surface area (TPSA) is 37.4 Å². The van der Waals surface area contributed by atoms with Crippen molar-refractivity contribution in [3.05, 3.63) is 84.4 Å². The summed E-state index contributed by atoms with van der Waals surface area (Å²) in [7, 11) is 0. The Hall–Kier alpha value is -2.68. The van der Waals surface area contributed by atoms with Crippen LogP contribution in [0, 0.1) is 0 Å². The third-order valence-electron chi connectivity index (χ3n) is 3.08. The predicted molar refractivity (Wildman–Crippen MR) is 82.8 cm³/mol. The van der Waals surface area contributed by atoms with Gasteiger partial charge in [-0.25, -0.2) is 0 Å². The Bertz CT molecular complexity index is 620. The molecular weight excluding hydrogens is 262 g/mol. The second-order valence-electron chi connectivity index (χ2n) is 4.66. The summed E-state index contributed by atoms with van der Waals surface area (Å²) in [4.78, 5) is 26.1. The molecule has 0 aliphatic carbocycles. The minimum atomic E-state index is -0.509. The van der Waals surface area contributed by atoms with Gasteiger partial charge in [-0.2, -0.15) is 0 Å². The molecule has 1 amide bonds. The number of benzene rings is 2. The number of carbonyl (C=O) groups excluding carboxylic acids is 2. The van der Waals surface area contributed by atoms with Crippen molar-refractivity contribution in [2.45, 2.75) is 6.54 Å². The summed E-state index contributed by atoms with van der Waals surface area (Å²) in [5, 5.41) is 0. The minimum absolute atomic E-state index is 0.340. The maximum Gasteiger partial charge on any atom is 0.295 e. The zero-order valence-electron chi connectivity index (χ0n) is 11.7. The molecule has 106 valence electrons. The summed E-state index contributed by atoms with van der Waals surface area (Å²) in [6.07, 6.45) is 1.62. The van der Waals surface area contributed by atoms with E-state index in [0.717, 1.165) is 5.56 Å². The molecule has 2 aromatic carbocycles. The van der Waals surface area contributed by atoms with E-state index in [9.17, 15) is 9.59 Å². The molecule has 0 saturated heterocycles. The normalized spacial score (nSPS) is 9.90. The van der Waals surface area contributed by atoms with Crippen molar-refractivity contribution in [3.63, 3.8) is 0 Å². The molecule has 0 fully saturated rings. The number of Topliss-reactive ketones (excluding diaryl/α,β-unsaturated/α-hetero) is 1. The molecule has 0 N–H and O–H groups in total. The number of amides is 1. The van der Waals surface area contributed by atoms with E-state index < -0.39 is 11.7 Å². The van der Waals surface area contributed by atoms with Crippen LogP contribution in [0.1, 0.15) is 15.9 Å². The van der Waals surface area contributed by atoms with Gasteiger partial charge in [0, 0.05) is 18.7 Å². The molecule has 0 bridgehead atoms. The summed E-state index contributed by atoms with van der Waals surface area (Å²) in [5.41, 5.74) is 1.39. The van der Waals surface area contributed by atoms with Crippen LogP contribution in [-0.4, -0.2) is 23.1 Å². The van der Waals surface area contributed by atoms with E-state index in [2.05, 4.69) is 6.58 Å². The first-order valence-electron chi connectivity index (χ1n) is 6.76. The van der Waals surface area contributed by atoms with Crippen molar-refractivity contribution in [1.29, 1.82) is 0 Å². The quantitative estimate of drug-likeness (QED) is 0.463. The highest BCUT2D eigenvalue weighted by Crippen LogP contribution is 2.08. The molecule has 0 aliphatic heterocycles. The lowest BCUT2D eigenvalue weighted by molar-refractivity contribution is -0.126. The maximum absolute atomic E-state index is 12.4. The molecule has 0 heterocycles. The molecule has 3 nitrogen and oxygen atoms in total.